The van der Waals surface area contributed by atoms with Gasteiger partial charge in [0.05, 0.1) is 11.6 Å². The van der Waals surface area contributed by atoms with Gasteiger partial charge in [-0.1, -0.05) is 91.0 Å². The van der Waals surface area contributed by atoms with Gasteiger partial charge in [-0.15, -0.1) is 0 Å². The van der Waals surface area contributed by atoms with Gasteiger partial charge in [0, 0.05) is 35.5 Å². The number of para-hydroxylation sites is 1. The Hall–Kier alpha value is -5.59. The molecule has 0 heterocycles. The monoisotopic (exact) mass is 527 g/mol. The van der Waals surface area contributed by atoms with Crippen molar-refractivity contribution in [1.82, 2.24) is 0 Å². The topological polar surface area (TPSA) is 30.3 Å². The fourth-order valence-electron chi connectivity index (χ4n) is 5.09. The van der Waals surface area contributed by atoms with Crippen molar-refractivity contribution in [2.45, 2.75) is 0 Å². The van der Waals surface area contributed by atoms with Gasteiger partial charge in [-0.2, -0.15) is 5.26 Å². The largest absolute Gasteiger partial charge is 0.345 e. The highest BCUT2D eigenvalue weighted by atomic mass is 15.1. The van der Waals surface area contributed by atoms with Crippen LogP contribution >= 0.6 is 0 Å². The summed E-state index contributed by atoms with van der Waals surface area (Å²) in [5, 5.41) is 9.25. The van der Waals surface area contributed by atoms with Crippen molar-refractivity contribution in [1.29, 1.82) is 5.26 Å². The fourth-order valence-corrected chi connectivity index (χ4v) is 5.09. The van der Waals surface area contributed by atoms with E-state index >= 15 is 0 Å². The summed E-state index contributed by atoms with van der Waals surface area (Å²) >= 11 is 0. The lowest BCUT2D eigenvalue weighted by Gasteiger charge is -2.26. The molecule has 0 amide bonds. The standard InChI is InChI=1S/C38H29N3/c1-40(37-16-8-10-29(26-37)28-39)34-22-18-31(19-23-34)32-20-24-36(25-21-32)41(35-14-6-3-7-15-35)38-17-9-13-33(27-38)30-11-4-2-5-12-30/h2-27H,1H3. The van der Waals surface area contributed by atoms with Crippen molar-refractivity contribution in [3.63, 3.8) is 0 Å². The third-order valence-electron chi connectivity index (χ3n) is 7.30. The van der Waals surface area contributed by atoms with E-state index in [2.05, 4.69) is 137 Å². The third kappa shape index (κ3) is 5.59. The van der Waals surface area contributed by atoms with Gasteiger partial charge in [-0.3, -0.25) is 0 Å². The second kappa shape index (κ2) is 11.7. The van der Waals surface area contributed by atoms with Crippen molar-refractivity contribution in [3.8, 4) is 28.3 Å². The summed E-state index contributed by atoms with van der Waals surface area (Å²) in [6.45, 7) is 0. The molecule has 0 aromatic heterocycles. The predicted molar refractivity (Wildman–Crippen MR) is 171 cm³/mol. The molecule has 41 heavy (non-hydrogen) atoms. The van der Waals surface area contributed by atoms with Crippen molar-refractivity contribution in [2.24, 2.45) is 0 Å². The van der Waals surface area contributed by atoms with Crippen LogP contribution in [0.25, 0.3) is 22.3 Å². The molecule has 0 aliphatic carbocycles. The molecule has 6 aromatic carbocycles. The van der Waals surface area contributed by atoms with E-state index < -0.39 is 0 Å². The van der Waals surface area contributed by atoms with E-state index in [-0.39, 0.29) is 0 Å². The molecule has 0 fully saturated rings. The van der Waals surface area contributed by atoms with Crippen molar-refractivity contribution >= 4 is 28.4 Å². The second-order valence-electron chi connectivity index (χ2n) is 9.90. The minimum atomic E-state index is 0.655. The summed E-state index contributed by atoms with van der Waals surface area (Å²) in [7, 11) is 2.02. The summed E-state index contributed by atoms with van der Waals surface area (Å²) in [4.78, 5) is 4.39. The number of nitriles is 1. The lowest BCUT2D eigenvalue weighted by atomic mass is 10.0. The normalized spacial score (nSPS) is 10.5. The molecule has 0 spiro atoms. The molecule has 3 heteroatoms. The average Bonchev–Trinajstić information content (AvgIpc) is 3.06. The summed E-state index contributed by atoms with van der Waals surface area (Å²) < 4.78 is 0. The van der Waals surface area contributed by atoms with Crippen LogP contribution in [0, 0.1) is 11.3 Å². The highest BCUT2D eigenvalue weighted by Crippen LogP contribution is 2.37. The first kappa shape index (κ1) is 25.7. The molecule has 0 atom stereocenters. The molecule has 6 aromatic rings. The lowest BCUT2D eigenvalue weighted by molar-refractivity contribution is 1.21. The van der Waals surface area contributed by atoms with Crippen LogP contribution in [0.3, 0.4) is 0 Å². The number of hydrogen-bond acceptors (Lipinski definition) is 3. The zero-order chi connectivity index (χ0) is 28.0. The van der Waals surface area contributed by atoms with E-state index in [0.717, 1.165) is 39.6 Å². The van der Waals surface area contributed by atoms with Gasteiger partial charge in [0.2, 0.25) is 0 Å². The average molecular weight is 528 g/mol. The minimum Gasteiger partial charge on any atom is -0.345 e. The van der Waals surface area contributed by atoms with Gasteiger partial charge in [0.25, 0.3) is 0 Å². The third-order valence-corrected chi connectivity index (χ3v) is 7.30. The molecule has 0 aliphatic rings. The Balaban J connectivity index is 1.29. The van der Waals surface area contributed by atoms with Crippen LogP contribution in [0.4, 0.5) is 28.4 Å². The van der Waals surface area contributed by atoms with Crippen LogP contribution in [0.15, 0.2) is 158 Å². The van der Waals surface area contributed by atoms with Crippen molar-refractivity contribution in [3.05, 3.63) is 163 Å². The summed E-state index contributed by atoms with van der Waals surface area (Å²) in [5.41, 5.74) is 10.7. The molecule has 0 radical (unpaired) electrons. The molecular weight excluding hydrogens is 498 g/mol. The van der Waals surface area contributed by atoms with Gasteiger partial charge < -0.3 is 9.80 Å². The SMILES string of the molecule is CN(c1ccc(-c2ccc(N(c3ccccc3)c3cccc(-c4ccccc4)c3)cc2)cc1)c1cccc(C#N)c1. The van der Waals surface area contributed by atoms with Crippen LogP contribution in [0.2, 0.25) is 0 Å². The Morgan fingerprint density at radius 1 is 0.415 bits per heavy atom. The smallest absolute Gasteiger partial charge is 0.0992 e. The maximum atomic E-state index is 9.25. The van der Waals surface area contributed by atoms with Crippen LogP contribution in [0.1, 0.15) is 5.56 Å². The van der Waals surface area contributed by atoms with Gasteiger partial charge in [-0.25, -0.2) is 0 Å². The van der Waals surface area contributed by atoms with Crippen LogP contribution in [-0.2, 0) is 0 Å². The number of nitrogens with zero attached hydrogens (tertiary/aromatic N) is 3. The Kier molecular flexibility index (Phi) is 7.30. The quantitative estimate of drug-likeness (QED) is 0.207. The Bertz CT molecular complexity index is 1790. The molecule has 0 unspecified atom stereocenters. The van der Waals surface area contributed by atoms with Gasteiger partial charge >= 0.3 is 0 Å². The molecule has 0 N–H and O–H groups in total. The number of benzene rings is 6. The molecule has 0 saturated heterocycles. The van der Waals surface area contributed by atoms with E-state index in [1.54, 1.807) is 0 Å². The van der Waals surface area contributed by atoms with E-state index in [1.807, 2.05) is 43.4 Å². The number of hydrogen-bond donors (Lipinski definition) is 0. The van der Waals surface area contributed by atoms with E-state index in [0.29, 0.717) is 5.56 Å². The number of rotatable bonds is 7. The molecule has 0 aliphatic heterocycles. The fraction of sp³-hybridized carbons (Fsp3) is 0.0263. The zero-order valence-corrected chi connectivity index (χ0v) is 22.9. The van der Waals surface area contributed by atoms with E-state index in [1.165, 1.54) is 11.1 Å². The zero-order valence-electron chi connectivity index (χ0n) is 22.9. The molecular formula is C38H29N3. The first-order valence-electron chi connectivity index (χ1n) is 13.6. The second-order valence-corrected chi connectivity index (χ2v) is 9.90. The first-order valence-corrected chi connectivity index (χ1v) is 13.6. The molecule has 196 valence electrons. The minimum absolute atomic E-state index is 0.655. The molecule has 3 nitrogen and oxygen atoms in total. The van der Waals surface area contributed by atoms with Gasteiger partial charge in [0.1, 0.15) is 0 Å². The van der Waals surface area contributed by atoms with Crippen molar-refractivity contribution in [2.75, 3.05) is 16.8 Å². The Labute approximate surface area is 241 Å². The highest BCUT2D eigenvalue weighted by molar-refractivity contribution is 5.81. The Morgan fingerprint density at radius 3 is 1.56 bits per heavy atom. The highest BCUT2D eigenvalue weighted by Gasteiger charge is 2.14. The first-order chi connectivity index (χ1) is 20.2. The van der Waals surface area contributed by atoms with E-state index in [4.69, 9.17) is 0 Å². The van der Waals surface area contributed by atoms with Gasteiger partial charge in [0.15, 0.2) is 0 Å². The van der Waals surface area contributed by atoms with Crippen LogP contribution < -0.4 is 9.80 Å². The van der Waals surface area contributed by atoms with Crippen molar-refractivity contribution < 1.29 is 0 Å². The van der Waals surface area contributed by atoms with E-state index in [9.17, 15) is 5.26 Å². The molecule has 0 saturated carbocycles. The summed E-state index contributed by atoms with van der Waals surface area (Å²) in [6, 6.07) is 56.8. The van der Waals surface area contributed by atoms with Crippen LogP contribution in [0.5, 0.6) is 0 Å². The van der Waals surface area contributed by atoms with Crippen LogP contribution in [-0.4, -0.2) is 7.05 Å². The number of anilines is 5. The lowest BCUT2D eigenvalue weighted by Crippen LogP contribution is -2.10. The summed E-state index contributed by atoms with van der Waals surface area (Å²) in [5.74, 6) is 0. The maximum Gasteiger partial charge on any atom is 0.0992 e. The summed E-state index contributed by atoms with van der Waals surface area (Å²) in [6.07, 6.45) is 0. The molecule has 6 rings (SSSR count). The molecule has 0 bridgehead atoms. The van der Waals surface area contributed by atoms with Gasteiger partial charge in [-0.05, 0) is 89.0 Å². The Morgan fingerprint density at radius 2 is 0.902 bits per heavy atom. The predicted octanol–water partition coefficient (Wildman–Crippen LogP) is 10.1. The maximum absolute atomic E-state index is 9.25.